The summed E-state index contributed by atoms with van der Waals surface area (Å²) in [6.07, 6.45) is 3.17. The maximum absolute atomic E-state index is 13.3. The molecule has 4 rings (SSSR count). The highest BCUT2D eigenvalue weighted by atomic mass is 16.5. The summed E-state index contributed by atoms with van der Waals surface area (Å²) in [7, 11) is 0. The van der Waals surface area contributed by atoms with Crippen LogP contribution in [0.2, 0.25) is 0 Å². The van der Waals surface area contributed by atoms with Crippen LogP contribution in [0.15, 0.2) is 72.8 Å². The third-order valence-corrected chi connectivity index (χ3v) is 6.80. The first-order valence-electron chi connectivity index (χ1n) is 12.9. The van der Waals surface area contributed by atoms with Gasteiger partial charge in [-0.2, -0.15) is 0 Å². The second kappa shape index (κ2) is 11.9. The summed E-state index contributed by atoms with van der Waals surface area (Å²) in [4.78, 5) is 15.3. The van der Waals surface area contributed by atoms with Gasteiger partial charge in [-0.15, -0.1) is 0 Å². The number of likely N-dealkylation sites (tertiary alicyclic amines) is 1. The fourth-order valence-corrected chi connectivity index (χ4v) is 4.84. The minimum absolute atomic E-state index is 0.0926. The molecule has 1 amide bonds. The SMILES string of the molecule is CCOc1ccc(C(=O)N2CCC(Cc3ccccc3)CC2)cc1COc1ccccc1C(C)C. The van der Waals surface area contributed by atoms with Gasteiger partial charge in [0.2, 0.25) is 0 Å². The van der Waals surface area contributed by atoms with Crippen molar-refractivity contribution in [2.75, 3.05) is 19.7 Å². The van der Waals surface area contributed by atoms with Gasteiger partial charge in [0, 0.05) is 24.2 Å². The van der Waals surface area contributed by atoms with E-state index in [4.69, 9.17) is 9.47 Å². The molecule has 0 atom stereocenters. The van der Waals surface area contributed by atoms with Crippen molar-refractivity contribution >= 4 is 5.91 Å². The van der Waals surface area contributed by atoms with Gasteiger partial charge in [-0.3, -0.25) is 4.79 Å². The lowest BCUT2D eigenvalue weighted by Crippen LogP contribution is -2.39. The zero-order chi connectivity index (χ0) is 24.6. The second-order valence-corrected chi connectivity index (χ2v) is 9.66. The molecule has 0 unspecified atom stereocenters. The van der Waals surface area contributed by atoms with Gasteiger partial charge in [0.1, 0.15) is 18.1 Å². The first kappa shape index (κ1) is 24.8. The van der Waals surface area contributed by atoms with Crippen LogP contribution >= 0.6 is 0 Å². The Morgan fingerprint density at radius 2 is 1.63 bits per heavy atom. The summed E-state index contributed by atoms with van der Waals surface area (Å²) in [5, 5.41) is 0. The van der Waals surface area contributed by atoms with Gasteiger partial charge in [-0.05, 0) is 73.4 Å². The number of piperidine rings is 1. The van der Waals surface area contributed by atoms with Crippen molar-refractivity contribution < 1.29 is 14.3 Å². The molecule has 1 fully saturated rings. The van der Waals surface area contributed by atoms with E-state index in [0.29, 0.717) is 30.6 Å². The molecule has 0 bridgehead atoms. The number of hydrogen-bond donors (Lipinski definition) is 0. The molecular formula is C31H37NO3. The summed E-state index contributed by atoms with van der Waals surface area (Å²) >= 11 is 0. The number of hydrogen-bond acceptors (Lipinski definition) is 3. The molecule has 4 heteroatoms. The average Bonchev–Trinajstić information content (AvgIpc) is 2.89. The van der Waals surface area contributed by atoms with Crippen LogP contribution in [0.3, 0.4) is 0 Å². The average molecular weight is 472 g/mol. The number of amides is 1. The number of ether oxygens (including phenoxy) is 2. The number of nitrogens with zero attached hydrogens (tertiary/aromatic N) is 1. The number of rotatable bonds is 9. The van der Waals surface area contributed by atoms with Gasteiger partial charge in [0.15, 0.2) is 0 Å². The van der Waals surface area contributed by atoms with Crippen molar-refractivity contribution in [3.8, 4) is 11.5 Å². The summed E-state index contributed by atoms with van der Waals surface area (Å²) in [5.41, 5.74) is 4.16. The fraction of sp³-hybridized carbons (Fsp3) is 0.387. The quantitative estimate of drug-likeness (QED) is 0.341. The Hall–Kier alpha value is -3.27. The Morgan fingerprint density at radius 1 is 0.914 bits per heavy atom. The van der Waals surface area contributed by atoms with E-state index >= 15 is 0 Å². The summed E-state index contributed by atoms with van der Waals surface area (Å²) in [6.45, 7) is 8.83. The molecule has 1 aliphatic rings. The molecule has 1 aliphatic heterocycles. The molecule has 0 spiro atoms. The van der Waals surface area contributed by atoms with Gasteiger partial charge in [-0.25, -0.2) is 0 Å². The molecule has 3 aromatic rings. The minimum Gasteiger partial charge on any atom is -0.493 e. The van der Waals surface area contributed by atoms with Gasteiger partial charge >= 0.3 is 0 Å². The summed E-state index contributed by atoms with van der Waals surface area (Å²) < 4.78 is 12.1. The van der Waals surface area contributed by atoms with Gasteiger partial charge in [0.25, 0.3) is 5.91 Å². The molecule has 1 saturated heterocycles. The molecule has 0 N–H and O–H groups in total. The molecule has 0 aliphatic carbocycles. The second-order valence-electron chi connectivity index (χ2n) is 9.66. The molecule has 184 valence electrons. The molecule has 35 heavy (non-hydrogen) atoms. The Kier molecular flexibility index (Phi) is 8.46. The van der Waals surface area contributed by atoms with Crippen LogP contribution in [0, 0.1) is 5.92 Å². The van der Waals surface area contributed by atoms with E-state index in [0.717, 1.165) is 49.4 Å². The van der Waals surface area contributed by atoms with E-state index in [1.807, 2.05) is 48.2 Å². The Bertz CT molecular complexity index is 1100. The van der Waals surface area contributed by atoms with Gasteiger partial charge < -0.3 is 14.4 Å². The van der Waals surface area contributed by atoms with Crippen LogP contribution in [0.1, 0.15) is 66.6 Å². The lowest BCUT2D eigenvalue weighted by Gasteiger charge is -2.32. The third-order valence-electron chi connectivity index (χ3n) is 6.80. The highest BCUT2D eigenvalue weighted by molar-refractivity contribution is 5.94. The zero-order valence-corrected chi connectivity index (χ0v) is 21.2. The molecule has 4 nitrogen and oxygen atoms in total. The highest BCUT2D eigenvalue weighted by Crippen LogP contribution is 2.29. The number of para-hydroxylation sites is 1. The smallest absolute Gasteiger partial charge is 0.253 e. The normalized spacial score (nSPS) is 14.2. The highest BCUT2D eigenvalue weighted by Gasteiger charge is 2.24. The minimum atomic E-state index is 0.0926. The summed E-state index contributed by atoms with van der Waals surface area (Å²) in [5.74, 6) is 2.74. The van der Waals surface area contributed by atoms with Crippen LogP contribution in [-0.2, 0) is 13.0 Å². The van der Waals surface area contributed by atoms with Crippen LogP contribution < -0.4 is 9.47 Å². The van der Waals surface area contributed by atoms with E-state index in [2.05, 4.69) is 50.2 Å². The zero-order valence-electron chi connectivity index (χ0n) is 21.2. The fourth-order valence-electron chi connectivity index (χ4n) is 4.84. The van der Waals surface area contributed by atoms with Crippen molar-refractivity contribution in [2.45, 2.75) is 52.6 Å². The van der Waals surface area contributed by atoms with Crippen LogP contribution in [0.25, 0.3) is 0 Å². The maximum Gasteiger partial charge on any atom is 0.253 e. The predicted octanol–water partition coefficient (Wildman–Crippen LogP) is 6.88. The molecule has 0 radical (unpaired) electrons. The first-order chi connectivity index (χ1) is 17.0. The molecular weight excluding hydrogens is 434 g/mol. The van der Waals surface area contributed by atoms with Crippen LogP contribution in [0.4, 0.5) is 0 Å². The number of carbonyl (C=O) groups excluding carboxylic acids is 1. The standard InChI is InChI=1S/C31H37NO3/c1-4-34-29-15-14-26(21-27(29)22-35-30-13-9-8-12-28(30)23(2)3)31(33)32-18-16-25(17-19-32)20-24-10-6-5-7-11-24/h5-15,21,23,25H,4,16-20,22H2,1-3H3. The Labute approximate surface area is 209 Å². The number of carbonyl (C=O) groups is 1. The van der Waals surface area contributed by atoms with Gasteiger partial charge in [-0.1, -0.05) is 62.4 Å². The van der Waals surface area contributed by atoms with Crippen molar-refractivity contribution in [3.05, 3.63) is 95.1 Å². The Morgan fingerprint density at radius 3 is 2.34 bits per heavy atom. The Balaban J connectivity index is 1.42. The summed E-state index contributed by atoms with van der Waals surface area (Å²) in [6, 6.07) is 24.5. The van der Waals surface area contributed by atoms with E-state index in [1.54, 1.807) is 0 Å². The molecule has 3 aromatic carbocycles. The van der Waals surface area contributed by atoms with Crippen molar-refractivity contribution in [3.63, 3.8) is 0 Å². The monoisotopic (exact) mass is 471 g/mol. The van der Waals surface area contributed by atoms with Crippen LogP contribution in [-0.4, -0.2) is 30.5 Å². The van der Waals surface area contributed by atoms with E-state index in [9.17, 15) is 4.79 Å². The predicted molar refractivity (Wildman–Crippen MR) is 141 cm³/mol. The molecule has 0 saturated carbocycles. The first-order valence-corrected chi connectivity index (χ1v) is 12.9. The van der Waals surface area contributed by atoms with Crippen molar-refractivity contribution in [1.29, 1.82) is 0 Å². The lowest BCUT2D eigenvalue weighted by atomic mass is 9.90. The molecule has 1 heterocycles. The lowest BCUT2D eigenvalue weighted by molar-refractivity contribution is 0.0690. The van der Waals surface area contributed by atoms with Crippen molar-refractivity contribution in [1.82, 2.24) is 4.90 Å². The molecule has 0 aromatic heterocycles. The van der Waals surface area contributed by atoms with Crippen molar-refractivity contribution in [2.24, 2.45) is 5.92 Å². The largest absolute Gasteiger partial charge is 0.493 e. The topological polar surface area (TPSA) is 38.8 Å². The maximum atomic E-state index is 13.3. The van der Waals surface area contributed by atoms with Gasteiger partial charge in [0.05, 0.1) is 6.61 Å². The van der Waals surface area contributed by atoms with E-state index in [-0.39, 0.29) is 5.91 Å². The number of benzene rings is 3. The third kappa shape index (κ3) is 6.45. The van der Waals surface area contributed by atoms with E-state index < -0.39 is 0 Å². The van der Waals surface area contributed by atoms with Crippen LogP contribution in [0.5, 0.6) is 11.5 Å². The van der Waals surface area contributed by atoms with E-state index in [1.165, 1.54) is 11.1 Å².